The predicted molar refractivity (Wildman–Crippen MR) is 91.2 cm³/mol. The van der Waals surface area contributed by atoms with Gasteiger partial charge in [-0.2, -0.15) is 0 Å². The number of nitrogens with one attached hydrogen (secondary N) is 2. The van der Waals surface area contributed by atoms with Crippen molar-refractivity contribution in [3.63, 3.8) is 0 Å². The minimum Gasteiger partial charge on any atom is -0.330 e. The van der Waals surface area contributed by atoms with Crippen molar-refractivity contribution in [1.29, 1.82) is 0 Å². The molecule has 0 aliphatic carbocycles. The standard InChI is InChI=1S/C10H24F2N4.4ClH/c11-16(12)10-4-9-15-7-2-1-6-14-8-3-5-13;;;;/h14-15H,1-10,13H2;4*1H. The van der Waals surface area contributed by atoms with E-state index in [1.54, 1.807) is 0 Å². The van der Waals surface area contributed by atoms with E-state index < -0.39 is 5.34 Å². The van der Waals surface area contributed by atoms with Gasteiger partial charge >= 0.3 is 0 Å². The first kappa shape index (κ1) is 32.7. The molecule has 0 spiro atoms. The largest absolute Gasteiger partial charge is 0.330 e. The highest BCUT2D eigenvalue weighted by Gasteiger charge is 1.97. The first-order valence-electron chi connectivity index (χ1n) is 5.98. The van der Waals surface area contributed by atoms with Crippen molar-refractivity contribution in [2.45, 2.75) is 25.7 Å². The second kappa shape index (κ2) is 28.1. The molecule has 20 heavy (non-hydrogen) atoms. The molecule has 0 heterocycles. The molecular weight excluding hydrogens is 356 g/mol. The van der Waals surface area contributed by atoms with Gasteiger partial charge in [-0.1, -0.05) is 0 Å². The van der Waals surface area contributed by atoms with Gasteiger partial charge in [0.2, 0.25) is 0 Å². The van der Waals surface area contributed by atoms with Crippen LogP contribution in [0.15, 0.2) is 0 Å². The van der Waals surface area contributed by atoms with Crippen LogP contribution in [0.2, 0.25) is 0 Å². The van der Waals surface area contributed by atoms with Gasteiger partial charge in [-0.15, -0.1) is 58.6 Å². The van der Waals surface area contributed by atoms with Crippen LogP contribution in [-0.4, -0.2) is 44.6 Å². The summed E-state index contributed by atoms with van der Waals surface area (Å²) in [7, 11) is 0. The van der Waals surface area contributed by atoms with Gasteiger partial charge in [-0.3, -0.25) is 0 Å². The van der Waals surface area contributed by atoms with Gasteiger partial charge in [-0.05, 0) is 58.4 Å². The van der Waals surface area contributed by atoms with Crippen molar-refractivity contribution in [3.05, 3.63) is 0 Å². The summed E-state index contributed by atoms with van der Waals surface area (Å²) < 4.78 is 23.2. The SMILES string of the molecule is Cl.Cl.Cl.Cl.NCCCNCCCCNCCCN(F)F. The third-order valence-corrected chi connectivity index (χ3v) is 2.20. The fourth-order valence-electron chi connectivity index (χ4n) is 1.30. The maximum atomic E-state index is 11.6. The minimum atomic E-state index is -0.775. The van der Waals surface area contributed by atoms with E-state index in [1.807, 2.05) is 0 Å². The highest BCUT2D eigenvalue weighted by atomic mass is 35.5. The first-order valence-corrected chi connectivity index (χ1v) is 5.98. The van der Waals surface area contributed by atoms with Crippen molar-refractivity contribution in [2.75, 3.05) is 39.3 Å². The Morgan fingerprint density at radius 2 is 1.10 bits per heavy atom. The summed E-state index contributed by atoms with van der Waals surface area (Å²) in [6.07, 6.45) is 3.68. The third kappa shape index (κ3) is 31.3. The normalized spacial score (nSPS) is 9.00. The van der Waals surface area contributed by atoms with E-state index in [-0.39, 0.29) is 56.2 Å². The second-order valence-electron chi connectivity index (χ2n) is 3.73. The van der Waals surface area contributed by atoms with Crippen molar-refractivity contribution >= 4 is 49.6 Å². The maximum Gasteiger partial charge on any atom is 0.0632 e. The number of hydrogen-bond acceptors (Lipinski definition) is 4. The maximum absolute atomic E-state index is 11.6. The lowest BCUT2D eigenvalue weighted by atomic mass is 10.3. The average molecular weight is 384 g/mol. The van der Waals surface area contributed by atoms with E-state index >= 15 is 0 Å². The molecule has 0 rings (SSSR count). The summed E-state index contributed by atoms with van der Waals surface area (Å²) in [4.78, 5) is 0. The summed E-state index contributed by atoms with van der Waals surface area (Å²) in [6.45, 7) is 4.11. The lowest BCUT2D eigenvalue weighted by Crippen LogP contribution is -2.22. The van der Waals surface area contributed by atoms with Crippen LogP contribution >= 0.6 is 49.6 Å². The van der Waals surface area contributed by atoms with E-state index in [0.717, 1.165) is 45.4 Å². The molecule has 0 radical (unpaired) electrons. The third-order valence-electron chi connectivity index (χ3n) is 2.20. The fourth-order valence-corrected chi connectivity index (χ4v) is 1.30. The number of hydrogen-bond donors (Lipinski definition) is 3. The van der Waals surface area contributed by atoms with Crippen molar-refractivity contribution in [1.82, 2.24) is 16.0 Å². The Labute approximate surface area is 145 Å². The predicted octanol–water partition coefficient (Wildman–Crippen LogP) is 2.44. The van der Waals surface area contributed by atoms with Crippen LogP contribution in [0.1, 0.15) is 25.7 Å². The second-order valence-corrected chi connectivity index (χ2v) is 3.73. The molecule has 0 unspecified atom stereocenters. The summed E-state index contributed by atoms with van der Waals surface area (Å²) in [6, 6.07) is 0. The lowest BCUT2D eigenvalue weighted by molar-refractivity contribution is -0.152. The molecule has 4 N–H and O–H groups in total. The van der Waals surface area contributed by atoms with E-state index in [4.69, 9.17) is 5.73 Å². The van der Waals surface area contributed by atoms with Crippen molar-refractivity contribution in [2.24, 2.45) is 5.73 Å². The Hall–Kier alpha value is 0.860. The Bertz CT molecular complexity index is 150. The van der Waals surface area contributed by atoms with Crippen LogP contribution in [0.3, 0.4) is 0 Å². The van der Waals surface area contributed by atoms with Gasteiger partial charge < -0.3 is 16.4 Å². The smallest absolute Gasteiger partial charge is 0.0632 e. The molecule has 0 saturated carbocycles. The van der Waals surface area contributed by atoms with E-state index in [2.05, 4.69) is 10.6 Å². The molecular formula is C10H28Cl4F2N4. The molecule has 0 aromatic rings. The lowest BCUT2D eigenvalue weighted by Gasteiger charge is -2.05. The van der Waals surface area contributed by atoms with E-state index in [0.29, 0.717) is 13.0 Å². The van der Waals surface area contributed by atoms with Gasteiger partial charge in [0.05, 0.1) is 6.54 Å². The Morgan fingerprint density at radius 1 is 0.700 bits per heavy atom. The van der Waals surface area contributed by atoms with Crippen molar-refractivity contribution < 1.29 is 8.96 Å². The molecule has 4 nitrogen and oxygen atoms in total. The van der Waals surface area contributed by atoms with Gasteiger partial charge in [0.25, 0.3) is 0 Å². The zero-order valence-electron chi connectivity index (χ0n) is 11.5. The highest BCUT2D eigenvalue weighted by molar-refractivity contribution is 5.86. The first-order chi connectivity index (χ1) is 7.77. The molecule has 130 valence electrons. The number of rotatable bonds is 12. The summed E-state index contributed by atoms with van der Waals surface area (Å²) in [5, 5.41) is 5.65. The van der Waals surface area contributed by atoms with Crippen LogP contribution < -0.4 is 16.4 Å². The van der Waals surface area contributed by atoms with Crippen molar-refractivity contribution in [3.8, 4) is 0 Å². The van der Waals surface area contributed by atoms with Crippen LogP contribution in [-0.2, 0) is 0 Å². The minimum absolute atomic E-state index is 0. The number of nitrogens with zero attached hydrogens (tertiary/aromatic N) is 1. The Balaban J connectivity index is -0.000000187. The molecule has 0 atom stereocenters. The zero-order valence-corrected chi connectivity index (χ0v) is 14.8. The fraction of sp³-hybridized carbons (Fsp3) is 1.00. The molecule has 0 aliphatic rings. The Kier molecular flexibility index (Phi) is 45.9. The van der Waals surface area contributed by atoms with Crippen LogP contribution in [0.4, 0.5) is 8.96 Å². The van der Waals surface area contributed by atoms with Crippen LogP contribution in [0.25, 0.3) is 0 Å². The molecule has 0 amide bonds. The molecule has 0 bridgehead atoms. The van der Waals surface area contributed by atoms with E-state index in [1.165, 1.54) is 0 Å². The molecule has 0 fully saturated rings. The number of halogens is 6. The molecule has 0 aliphatic heterocycles. The highest BCUT2D eigenvalue weighted by Crippen LogP contribution is 1.91. The summed E-state index contributed by atoms with van der Waals surface area (Å²) >= 11 is 0. The van der Waals surface area contributed by atoms with Crippen LogP contribution in [0.5, 0.6) is 0 Å². The monoisotopic (exact) mass is 382 g/mol. The molecule has 10 heteroatoms. The zero-order chi connectivity index (χ0) is 12.1. The van der Waals surface area contributed by atoms with Gasteiger partial charge in [0.15, 0.2) is 0 Å². The summed E-state index contributed by atoms with van der Waals surface area (Å²) in [5.41, 5.74) is 5.35. The van der Waals surface area contributed by atoms with Gasteiger partial charge in [0, 0.05) is 5.34 Å². The number of unbranched alkanes of at least 4 members (excludes halogenated alkanes) is 1. The topological polar surface area (TPSA) is 53.3 Å². The molecule has 0 saturated heterocycles. The summed E-state index contributed by atoms with van der Waals surface area (Å²) in [5.74, 6) is 0. The van der Waals surface area contributed by atoms with Gasteiger partial charge in [-0.25, -0.2) is 0 Å². The molecule has 0 aromatic carbocycles. The van der Waals surface area contributed by atoms with E-state index in [9.17, 15) is 8.96 Å². The quantitative estimate of drug-likeness (QED) is 0.358. The Morgan fingerprint density at radius 3 is 1.50 bits per heavy atom. The number of nitrogens with two attached hydrogens (primary N) is 1. The van der Waals surface area contributed by atoms with Crippen LogP contribution in [0, 0.1) is 0 Å². The molecule has 0 aromatic heterocycles. The average Bonchev–Trinajstić information content (AvgIpc) is 2.25. The van der Waals surface area contributed by atoms with Gasteiger partial charge in [0.1, 0.15) is 0 Å².